The lowest BCUT2D eigenvalue weighted by molar-refractivity contribution is 0.551. The van der Waals surface area contributed by atoms with E-state index >= 15 is 0 Å². The Hall–Kier alpha value is -1.71. The van der Waals surface area contributed by atoms with Crippen LogP contribution in [-0.2, 0) is 0 Å². The lowest BCUT2D eigenvalue weighted by Gasteiger charge is -2.22. The maximum absolute atomic E-state index is 4.56. The monoisotopic (exact) mass is 258 g/mol. The molecule has 4 heteroatoms. The molecule has 0 bridgehead atoms. The average Bonchev–Trinajstić information content (AvgIpc) is 3.06. The van der Waals surface area contributed by atoms with Gasteiger partial charge in [-0.25, -0.2) is 0 Å². The first kappa shape index (κ1) is 12.3. The van der Waals surface area contributed by atoms with Gasteiger partial charge < -0.3 is 10.2 Å². The Balaban J connectivity index is 2.20. The Kier molecular flexibility index (Phi) is 3.09. The van der Waals surface area contributed by atoms with Crippen molar-refractivity contribution in [3.05, 3.63) is 18.3 Å². The van der Waals surface area contributed by atoms with Crippen LogP contribution in [0, 0.1) is 0 Å². The number of rotatable bonds is 3. The number of nitrogens with one attached hydrogen (secondary N) is 1. The predicted molar refractivity (Wildman–Crippen MR) is 81.1 cm³/mol. The molecule has 2 aromatic rings. The minimum Gasteiger partial charge on any atom is -0.386 e. The number of anilines is 2. The van der Waals surface area contributed by atoms with Crippen molar-refractivity contribution in [3.63, 3.8) is 0 Å². The van der Waals surface area contributed by atoms with Crippen LogP contribution in [0.5, 0.6) is 0 Å². The highest BCUT2D eigenvalue weighted by Gasteiger charge is 2.20. The summed E-state index contributed by atoms with van der Waals surface area (Å²) < 4.78 is 2.11. The number of aromatic nitrogens is 2. The maximum Gasteiger partial charge on any atom is 0.0713 e. The van der Waals surface area contributed by atoms with Crippen LogP contribution in [0.3, 0.4) is 0 Å². The third kappa shape index (κ3) is 1.95. The molecule has 0 unspecified atom stereocenters. The third-order valence-electron chi connectivity index (χ3n) is 3.93. The van der Waals surface area contributed by atoms with Gasteiger partial charge in [0.1, 0.15) is 0 Å². The molecule has 3 rings (SSSR count). The molecule has 0 saturated carbocycles. The first-order valence-corrected chi connectivity index (χ1v) is 7.15. The van der Waals surface area contributed by atoms with Gasteiger partial charge in [-0.3, -0.25) is 4.68 Å². The molecule has 2 heterocycles. The zero-order valence-corrected chi connectivity index (χ0v) is 12.0. The molecule has 0 atom stereocenters. The van der Waals surface area contributed by atoms with Gasteiger partial charge in [-0.05, 0) is 38.8 Å². The molecule has 1 fully saturated rings. The van der Waals surface area contributed by atoms with E-state index in [1.807, 2.05) is 13.2 Å². The second kappa shape index (κ2) is 4.76. The Morgan fingerprint density at radius 3 is 2.58 bits per heavy atom. The van der Waals surface area contributed by atoms with E-state index in [4.69, 9.17) is 0 Å². The van der Waals surface area contributed by atoms with E-state index in [9.17, 15) is 0 Å². The molecule has 4 nitrogen and oxygen atoms in total. The summed E-state index contributed by atoms with van der Waals surface area (Å²) >= 11 is 0. The zero-order chi connectivity index (χ0) is 13.4. The van der Waals surface area contributed by atoms with E-state index in [2.05, 4.69) is 46.0 Å². The van der Waals surface area contributed by atoms with Gasteiger partial charge in [-0.1, -0.05) is 0 Å². The van der Waals surface area contributed by atoms with Gasteiger partial charge in [0.05, 0.1) is 23.1 Å². The van der Waals surface area contributed by atoms with Crippen molar-refractivity contribution < 1.29 is 0 Å². The molecule has 1 aliphatic rings. The van der Waals surface area contributed by atoms with Crippen LogP contribution < -0.4 is 10.2 Å². The third-order valence-corrected chi connectivity index (χ3v) is 3.93. The van der Waals surface area contributed by atoms with E-state index in [0.717, 1.165) is 13.1 Å². The van der Waals surface area contributed by atoms with Crippen LogP contribution in [0.2, 0.25) is 0 Å². The molecule has 1 saturated heterocycles. The number of fused-ring (bicyclic) bond motifs is 1. The molecule has 1 aromatic heterocycles. The number of benzene rings is 1. The van der Waals surface area contributed by atoms with Crippen LogP contribution in [0.1, 0.15) is 32.7 Å². The van der Waals surface area contributed by atoms with Gasteiger partial charge >= 0.3 is 0 Å². The molecule has 1 aromatic carbocycles. The van der Waals surface area contributed by atoms with Crippen molar-refractivity contribution in [1.29, 1.82) is 0 Å². The second-order valence-corrected chi connectivity index (χ2v) is 5.52. The molecular weight excluding hydrogens is 236 g/mol. The van der Waals surface area contributed by atoms with Crippen LogP contribution in [-0.4, -0.2) is 29.9 Å². The van der Waals surface area contributed by atoms with Crippen LogP contribution in [0.15, 0.2) is 18.3 Å². The Bertz CT molecular complexity index is 579. The van der Waals surface area contributed by atoms with Crippen molar-refractivity contribution in [2.24, 2.45) is 0 Å². The normalized spacial score (nSPS) is 15.7. The maximum atomic E-state index is 4.56. The number of nitrogens with zero attached hydrogens (tertiary/aromatic N) is 3. The summed E-state index contributed by atoms with van der Waals surface area (Å²) in [7, 11) is 1.99. The van der Waals surface area contributed by atoms with Crippen LogP contribution in [0.4, 0.5) is 11.4 Å². The lowest BCUT2D eigenvalue weighted by Crippen LogP contribution is -2.19. The number of hydrogen-bond donors (Lipinski definition) is 1. The molecule has 102 valence electrons. The highest BCUT2D eigenvalue weighted by Crippen LogP contribution is 2.36. The Morgan fingerprint density at radius 2 is 1.95 bits per heavy atom. The van der Waals surface area contributed by atoms with Crippen molar-refractivity contribution >= 4 is 22.3 Å². The fourth-order valence-corrected chi connectivity index (χ4v) is 3.00. The minimum atomic E-state index is 0.393. The fourth-order valence-electron chi connectivity index (χ4n) is 3.00. The fraction of sp³-hybridized carbons (Fsp3) is 0.533. The summed E-state index contributed by atoms with van der Waals surface area (Å²) in [5, 5.41) is 9.16. The van der Waals surface area contributed by atoms with Crippen LogP contribution >= 0.6 is 0 Å². The summed E-state index contributed by atoms with van der Waals surface area (Å²) in [4.78, 5) is 2.49. The minimum absolute atomic E-state index is 0.393. The summed E-state index contributed by atoms with van der Waals surface area (Å²) in [5.74, 6) is 0. The van der Waals surface area contributed by atoms with Gasteiger partial charge in [0.25, 0.3) is 0 Å². The largest absolute Gasteiger partial charge is 0.386 e. The van der Waals surface area contributed by atoms with Crippen molar-refractivity contribution in [3.8, 4) is 0 Å². The molecule has 0 amide bonds. The Morgan fingerprint density at radius 1 is 1.21 bits per heavy atom. The quantitative estimate of drug-likeness (QED) is 0.917. The van der Waals surface area contributed by atoms with E-state index in [1.54, 1.807) is 0 Å². The Labute approximate surface area is 114 Å². The van der Waals surface area contributed by atoms with Gasteiger partial charge in [-0.15, -0.1) is 0 Å². The molecule has 0 radical (unpaired) electrons. The van der Waals surface area contributed by atoms with Gasteiger partial charge in [-0.2, -0.15) is 5.10 Å². The van der Waals surface area contributed by atoms with Gasteiger partial charge in [0, 0.05) is 31.6 Å². The van der Waals surface area contributed by atoms with Gasteiger partial charge in [0.2, 0.25) is 0 Å². The average molecular weight is 258 g/mol. The number of hydrogen-bond acceptors (Lipinski definition) is 3. The highest BCUT2D eigenvalue weighted by atomic mass is 15.3. The van der Waals surface area contributed by atoms with Crippen molar-refractivity contribution in [2.45, 2.75) is 32.7 Å². The zero-order valence-electron chi connectivity index (χ0n) is 12.0. The van der Waals surface area contributed by atoms with Gasteiger partial charge in [0.15, 0.2) is 0 Å². The van der Waals surface area contributed by atoms with E-state index in [1.165, 1.54) is 35.1 Å². The summed E-state index contributed by atoms with van der Waals surface area (Å²) in [6, 6.07) is 4.74. The topological polar surface area (TPSA) is 33.1 Å². The predicted octanol–water partition coefficient (Wildman–Crippen LogP) is 3.26. The van der Waals surface area contributed by atoms with E-state index in [0.29, 0.717) is 6.04 Å². The van der Waals surface area contributed by atoms with E-state index in [-0.39, 0.29) is 0 Å². The van der Waals surface area contributed by atoms with Crippen LogP contribution in [0.25, 0.3) is 10.9 Å². The molecule has 0 spiro atoms. The summed E-state index contributed by atoms with van der Waals surface area (Å²) in [6.07, 6.45) is 4.60. The molecule has 1 N–H and O–H groups in total. The summed E-state index contributed by atoms with van der Waals surface area (Å²) in [5.41, 5.74) is 3.76. The molecule has 0 aliphatic carbocycles. The first-order valence-electron chi connectivity index (χ1n) is 7.15. The summed E-state index contributed by atoms with van der Waals surface area (Å²) in [6.45, 7) is 6.66. The lowest BCUT2D eigenvalue weighted by atomic mass is 10.1. The molecular formula is C15H22N4. The molecule has 1 aliphatic heterocycles. The standard InChI is InChI=1S/C15H22N4/c1-11(2)19-14-7-6-13(16-3)15(12(14)10-17-19)18-8-4-5-9-18/h6-7,10-11,16H,4-5,8-9H2,1-3H3. The van der Waals surface area contributed by atoms with Crippen molar-refractivity contribution in [2.75, 3.05) is 30.4 Å². The second-order valence-electron chi connectivity index (χ2n) is 5.52. The molecule has 19 heavy (non-hydrogen) atoms. The van der Waals surface area contributed by atoms with E-state index < -0.39 is 0 Å². The highest BCUT2D eigenvalue weighted by molar-refractivity contribution is 5.99. The first-order chi connectivity index (χ1) is 9.22. The smallest absolute Gasteiger partial charge is 0.0713 e. The SMILES string of the molecule is CNc1ccc2c(cnn2C(C)C)c1N1CCCC1. The van der Waals surface area contributed by atoms with Crippen molar-refractivity contribution in [1.82, 2.24) is 9.78 Å².